The van der Waals surface area contributed by atoms with Crippen LogP contribution in [0.3, 0.4) is 0 Å². The molecule has 3 aromatic rings. The molecule has 0 saturated carbocycles. The lowest BCUT2D eigenvalue weighted by Gasteiger charge is -2.13. The molecule has 0 bridgehead atoms. The van der Waals surface area contributed by atoms with Crippen LogP contribution in [0.4, 0.5) is 5.69 Å². The maximum absolute atomic E-state index is 12.7. The molecule has 164 valence electrons. The van der Waals surface area contributed by atoms with Crippen molar-refractivity contribution in [1.82, 2.24) is 5.32 Å². The highest BCUT2D eigenvalue weighted by atomic mass is 16.5. The van der Waals surface area contributed by atoms with E-state index in [-0.39, 0.29) is 11.8 Å². The van der Waals surface area contributed by atoms with Crippen molar-refractivity contribution in [2.24, 2.45) is 0 Å². The van der Waals surface area contributed by atoms with Gasteiger partial charge in [-0.25, -0.2) is 0 Å². The molecule has 2 N–H and O–H groups in total. The summed E-state index contributed by atoms with van der Waals surface area (Å²) in [5.74, 6) is -0.538. The number of carbonyl (C=O) groups is 3. The third kappa shape index (κ3) is 6.80. The average Bonchev–Trinajstić information content (AvgIpc) is 2.77. The predicted molar refractivity (Wildman–Crippen MR) is 123 cm³/mol. The number of aryl methyl sites for hydroxylation is 2. The van der Waals surface area contributed by atoms with Gasteiger partial charge in [-0.2, -0.15) is 0 Å². The zero-order chi connectivity index (χ0) is 22.9. The van der Waals surface area contributed by atoms with Gasteiger partial charge in [0, 0.05) is 31.1 Å². The van der Waals surface area contributed by atoms with Crippen LogP contribution in [0.1, 0.15) is 40.4 Å². The zero-order valence-corrected chi connectivity index (χ0v) is 18.2. The van der Waals surface area contributed by atoms with Crippen molar-refractivity contribution in [2.45, 2.75) is 33.2 Å². The number of amides is 2. The van der Waals surface area contributed by atoms with Crippen molar-refractivity contribution in [3.63, 3.8) is 0 Å². The van der Waals surface area contributed by atoms with Gasteiger partial charge < -0.3 is 15.4 Å². The molecule has 0 spiro atoms. The lowest BCUT2D eigenvalue weighted by molar-refractivity contribution is -0.131. The first-order chi connectivity index (χ1) is 15.4. The number of nitrogens with one attached hydrogen (secondary N) is 2. The molecule has 32 heavy (non-hydrogen) atoms. The molecule has 2 amide bonds. The van der Waals surface area contributed by atoms with E-state index in [1.165, 1.54) is 18.6 Å². The molecular weight excluding hydrogens is 404 g/mol. The molecule has 0 unspecified atom stereocenters. The lowest BCUT2D eigenvalue weighted by Crippen LogP contribution is -2.24. The van der Waals surface area contributed by atoms with Gasteiger partial charge in [-0.05, 0) is 48.7 Å². The Morgan fingerprint density at radius 3 is 2.47 bits per heavy atom. The highest BCUT2D eigenvalue weighted by Crippen LogP contribution is 2.19. The second-order valence-electron chi connectivity index (χ2n) is 7.50. The fraction of sp³-hybridized carbons (Fsp3) is 0.192. The number of para-hydroxylation sites is 1. The summed E-state index contributed by atoms with van der Waals surface area (Å²) in [6.45, 7) is 3.64. The van der Waals surface area contributed by atoms with Crippen molar-refractivity contribution in [1.29, 1.82) is 0 Å². The third-order valence-electron chi connectivity index (χ3n) is 4.82. The molecule has 6 nitrogen and oxygen atoms in total. The van der Waals surface area contributed by atoms with Crippen LogP contribution < -0.4 is 15.4 Å². The summed E-state index contributed by atoms with van der Waals surface area (Å²) in [7, 11) is 0. The summed E-state index contributed by atoms with van der Waals surface area (Å²) in [5, 5.41) is 5.78. The number of carbonyl (C=O) groups excluding carboxylic acids is 3. The Balaban J connectivity index is 1.59. The highest BCUT2D eigenvalue weighted by molar-refractivity contribution is 6.05. The number of esters is 1. The van der Waals surface area contributed by atoms with Crippen LogP contribution in [0.2, 0.25) is 0 Å². The van der Waals surface area contributed by atoms with E-state index in [1.54, 1.807) is 24.3 Å². The minimum Gasteiger partial charge on any atom is -0.427 e. The molecule has 0 radical (unpaired) electrons. The van der Waals surface area contributed by atoms with Gasteiger partial charge in [-0.1, -0.05) is 54.1 Å². The summed E-state index contributed by atoms with van der Waals surface area (Å²) in [6.07, 6.45) is 1.06. The first-order valence-corrected chi connectivity index (χ1v) is 10.4. The number of anilines is 1. The highest BCUT2D eigenvalue weighted by Gasteiger charge is 2.11. The van der Waals surface area contributed by atoms with E-state index in [4.69, 9.17) is 4.74 Å². The largest absolute Gasteiger partial charge is 0.427 e. The minimum absolute atomic E-state index is 0.0540. The zero-order valence-electron chi connectivity index (χ0n) is 18.2. The van der Waals surface area contributed by atoms with E-state index >= 15 is 0 Å². The first-order valence-electron chi connectivity index (χ1n) is 10.4. The Bertz CT molecular complexity index is 1120. The summed E-state index contributed by atoms with van der Waals surface area (Å²) in [6, 6.07) is 21.8. The lowest BCUT2D eigenvalue weighted by atomic mass is 10.1. The van der Waals surface area contributed by atoms with Crippen LogP contribution in [0, 0.1) is 6.92 Å². The van der Waals surface area contributed by atoms with Gasteiger partial charge in [0.2, 0.25) is 5.91 Å². The van der Waals surface area contributed by atoms with Crippen molar-refractivity contribution in [2.75, 3.05) is 5.32 Å². The fourth-order valence-corrected chi connectivity index (χ4v) is 3.27. The molecule has 0 atom stereocenters. The second-order valence-corrected chi connectivity index (χ2v) is 7.50. The van der Waals surface area contributed by atoms with Gasteiger partial charge in [0.1, 0.15) is 5.75 Å². The van der Waals surface area contributed by atoms with Gasteiger partial charge in [0.05, 0.1) is 0 Å². The number of hydrogen-bond donors (Lipinski definition) is 2. The van der Waals surface area contributed by atoms with E-state index in [0.717, 1.165) is 11.1 Å². The van der Waals surface area contributed by atoms with Crippen LogP contribution in [0.5, 0.6) is 5.75 Å². The molecule has 3 aromatic carbocycles. The molecular formula is C26H26N2O4. The van der Waals surface area contributed by atoms with E-state index in [2.05, 4.69) is 16.7 Å². The quantitative estimate of drug-likeness (QED) is 0.409. The molecule has 0 aliphatic carbocycles. The van der Waals surface area contributed by atoms with Crippen molar-refractivity contribution in [3.05, 3.63) is 95.1 Å². The van der Waals surface area contributed by atoms with E-state index in [1.807, 2.05) is 43.3 Å². The van der Waals surface area contributed by atoms with Gasteiger partial charge in [0.15, 0.2) is 0 Å². The van der Waals surface area contributed by atoms with Gasteiger partial charge >= 0.3 is 5.97 Å². The topological polar surface area (TPSA) is 84.5 Å². The normalized spacial score (nSPS) is 10.3. The summed E-state index contributed by atoms with van der Waals surface area (Å²) in [4.78, 5) is 36.1. The van der Waals surface area contributed by atoms with Crippen LogP contribution in [0.15, 0.2) is 72.8 Å². The van der Waals surface area contributed by atoms with Crippen LogP contribution in [-0.2, 0) is 22.6 Å². The Labute approximate surface area is 187 Å². The smallest absolute Gasteiger partial charge is 0.308 e. The number of ether oxygens (including phenoxy) is 1. The average molecular weight is 431 g/mol. The van der Waals surface area contributed by atoms with Gasteiger partial charge in [-0.3, -0.25) is 14.4 Å². The second kappa shape index (κ2) is 10.9. The van der Waals surface area contributed by atoms with E-state index < -0.39 is 5.97 Å². The Morgan fingerprint density at radius 2 is 1.69 bits per heavy atom. The van der Waals surface area contributed by atoms with Crippen LogP contribution >= 0.6 is 0 Å². The molecule has 0 aliphatic rings. The molecule has 0 heterocycles. The summed E-state index contributed by atoms with van der Waals surface area (Å²) < 4.78 is 5.04. The van der Waals surface area contributed by atoms with Gasteiger partial charge in [0.25, 0.3) is 5.91 Å². The number of hydrogen-bond acceptors (Lipinski definition) is 4. The molecule has 3 rings (SSSR count). The maximum Gasteiger partial charge on any atom is 0.308 e. The van der Waals surface area contributed by atoms with E-state index in [9.17, 15) is 14.4 Å². The maximum atomic E-state index is 12.7. The van der Waals surface area contributed by atoms with Gasteiger partial charge in [-0.15, -0.1) is 0 Å². The molecule has 0 aromatic heterocycles. The molecule has 0 aliphatic heterocycles. The predicted octanol–water partition coefficient (Wildman–Crippen LogP) is 4.42. The first kappa shape index (κ1) is 22.7. The monoisotopic (exact) mass is 430 g/mol. The van der Waals surface area contributed by atoms with Crippen molar-refractivity contribution in [3.8, 4) is 5.75 Å². The Kier molecular flexibility index (Phi) is 7.75. The minimum atomic E-state index is -0.453. The standard InChI is InChI=1S/C26H26N2O4/c1-18-7-5-8-20(15-18)13-14-25(30)27-17-22-9-3-4-12-24(22)28-26(31)21-10-6-11-23(16-21)32-19(2)29/h3-12,15-16H,13-14,17H2,1-2H3,(H,27,30)(H,28,31). The molecule has 6 heteroatoms. The SMILES string of the molecule is CC(=O)Oc1cccc(C(=O)Nc2ccccc2CNC(=O)CCc2cccc(C)c2)c1. The summed E-state index contributed by atoms with van der Waals surface area (Å²) >= 11 is 0. The van der Waals surface area contributed by atoms with Crippen LogP contribution in [0.25, 0.3) is 0 Å². The number of rotatable bonds is 8. The van der Waals surface area contributed by atoms with E-state index in [0.29, 0.717) is 36.4 Å². The third-order valence-corrected chi connectivity index (χ3v) is 4.82. The van der Waals surface area contributed by atoms with Crippen molar-refractivity contribution < 1.29 is 19.1 Å². The summed E-state index contributed by atoms with van der Waals surface area (Å²) in [5.41, 5.74) is 4.06. The Hall–Kier alpha value is -3.93. The fourth-order valence-electron chi connectivity index (χ4n) is 3.27. The molecule has 0 fully saturated rings. The van der Waals surface area contributed by atoms with Crippen LogP contribution in [-0.4, -0.2) is 17.8 Å². The number of benzene rings is 3. The Morgan fingerprint density at radius 1 is 0.906 bits per heavy atom. The molecule has 0 saturated heterocycles. The van der Waals surface area contributed by atoms with Crippen molar-refractivity contribution >= 4 is 23.5 Å².